The van der Waals surface area contributed by atoms with Crippen molar-refractivity contribution >= 4 is 10.0 Å². The Balaban J connectivity index is 2.28. The van der Waals surface area contributed by atoms with E-state index in [1.54, 1.807) is 0 Å². The summed E-state index contributed by atoms with van der Waals surface area (Å²) in [7, 11) is -2.20. The largest absolute Gasteiger partial charge is 0.508 e. The van der Waals surface area contributed by atoms with Gasteiger partial charge in [0.2, 0.25) is 10.0 Å². The molecule has 106 valence electrons. The zero-order valence-electron chi connectivity index (χ0n) is 10.9. The molecular formula is C13H19NO4S. The molecule has 1 aliphatic carbocycles. The molecule has 0 aromatic heterocycles. The Morgan fingerprint density at radius 1 is 1.26 bits per heavy atom. The summed E-state index contributed by atoms with van der Waals surface area (Å²) < 4.78 is 26.1. The standard InChI is InChI=1S/C13H19NO4S/c1-14(12-7-2-3-8-13(12)16)19(17,18)11-6-4-5-10(15)9-11/h4-6,9,12-13,15-16H,2-3,7-8H2,1H3. The molecule has 19 heavy (non-hydrogen) atoms. The number of aliphatic hydroxyl groups excluding tert-OH is 1. The first-order valence-electron chi connectivity index (χ1n) is 6.38. The molecule has 1 aliphatic rings. The number of benzene rings is 1. The number of hydrogen-bond donors (Lipinski definition) is 2. The molecule has 1 fully saturated rings. The summed E-state index contributed by atoms with van der Waals surface area (Å²) in [5.74, 6) is -0.0846. The van der Waals surface area contributed by atoms with Crippen LogP contribution in [0.2, 0.25) is 0 Å². The van der Waals surface area contributed by atoms with Crippen molar-refractivity contribution in [2.45, 2.75) is 42.7 Å². The van der Waals surface area contributed by atoms with Crippen molar-refractivity contribution in [1.29, 1.82) is 0 Å². The summed E-state index contributed by atoms with van der Waals surface area (Å²) in [5.41, 5.74) is 0. The molecule has 1 aromatic carbocycles. The van der Waals surface area contributed by atoms with Crippen molar-refractivity contribution < 1.29 is 18.6 Å². The minimum atomic E-state index is -3.68. The molecule has 0 saturated heterocycles. The Labute approximate surface area is 113 Å². The average Bonchev–Trinajstić information content (AvgIpc) is 2.38. The van der Waals surface area contributed by atoms with Gasteiger partial charge >= 0.3 is 0 Å². The first-order valence-corrected chi connectivity index (χ1v) is 7.82. The zero-order chi connectivity index (χ0) is 14.0. The highest BCUT2D eigenvalue weighted by atomic mass is 32.2. The molecule has 0 aliphatic heterocycles. The summed E-state index contributed by atoms with van der Waals surface area (Å²) in [4.78, 5) is 0.0489. The van der Waals surface area contributed by atoms with E-state index in [2.05, 4.69) is 0 Å². The van der Waals surface area contributed by atoms with E-state index in [0.717, 1.165) is 12.8 Å². The van der Waals surface area contributed by atoms with E-state index in [0.29, 0.717) is 12.8 Å². The van der Waals surface area contributed by atoms with E-state index in [4.69, 9.17) is 0 Å². The normalized spacial score (nSPS) is 24.6. The van der Waals surface area contributed by atoms with E-state index in [9.17, 15) is 18.6 Å². The molecule has 0 heterocycles. The Morgan fingerprint density at radius 3 is 2.58 bits per heavy atom. The van der Waals surface area contributed by atoms with Crippen LogP contribution in [0, 0.1) is 0 Å². The van der Waals surface area contributed by atoms with Crippen LogP contribution >= 0.6 is 0 Å². The molecule has 0 radical (unpaired) electrons. The number of phenols is 1. The van der Waals surface area contributed by atoms with Crippen LogP contribution in [0.3, 0.4) is 0 Å². The monoisotopic (exact) mass is 285 g/mol. The fourth-order valence-corrected chi connectivity index (χ4v) is 3.96. The lowest BCUT2D eigenvalue weighted by atomic mass is 9.93. The maximum absolute atomic E-state index is 12.4. The summed E-state index contributed by atoms with van der Waals surface area (Å²) in [6, 6.07) is 5.20. The molecule has 1 saturated carbocycles. The lowest BCUT2D eigenvalue weighted by Gasteiger charge is -2.34. The fourth-order valence-electron chi connectivity index (χ4n) is 2.50. The average molecular weight is 285 g/mol. The number of aliphatic hydroxyl groups is 1. The van der Waals surface area contributed by atoms with Crippen molar-refractivity contribution in [2.75, 3.05) is 7.05 Å². The highest BCUT2D eigenvalue weighted by molar-refractivity contribution is 7.89. The smallest absolute Gasteiger partial charge is 0.243 e. The van der Waals surface area contributed by atoms with Crippen molar-refractivity contribution in [2.24, 2.45) is 0 Å². The third-order valence-electron chi connectivity index (χ3n) is 3.66. The number of hydrogen-bond acceptors (Lipinski definition) is 4. The van der Waals surface area contributed by atoms with Gasteiger partial charge in [0.1, 0.15) is 5.75 Å². The molecule has 5 nitrogen and oxygen atoms in total. The van der Waals surface area contributed by atoms with E-state index in [1.807, 2.05) is 0 Å². The third kappa shape index (κ3) is 2.91. The Kier molecular flexibility index (Phi) is 4.13. The SMILES string of the molecule is CN(C1CCCCC1O)S(=O)(=O)c1cccc(O)c1. The van der Waals surface area contributed by atoms with Crippen molar-refractivity contribution in [3.63, 3.8) is 0 Å². The summed E-state index contributed by atoms with van der Waals surface area (Å²) >= 11 is 0. The van der Waals surface area contributed by atoms with Crippen LogP contribution in [-0.2, 0) is 10.0 Å². The number of nitrogens with zero attached hydrogens (tertiary/aromatic N) is 1. The molecule has 0 amide bonds. The first-order chi connectivity index (χ1) is 8.93. The summed E-state index contributed by atoms with van der Waals surface area (Å²) in [5, 5.41) is 19.3. The van der Waals surface area contributed by atoms with Gasteiger partial charge < -0.3 is 10.2 Å². The van der Waals surface area contributed by atoms with Crippen LogP contribution in [0.4, 0.5) is 0 Å². The second-order valence-electron chi connectivity index (χ2n) is 4.94. The predicted molar refractivity (Wildman–Crippen MR) is 71.3 cm³/mol. The van der Waals surface area contributed by atoms with Crippen molar-refractivity contribution in [3.05, 3.63) is 24.3 Å². The van der Waals surface area contributed by atoms with Gasteiger partial charge in [-0.05, 0) is 31.0 Å². The molecule has 2 rings (SSSR count). The van der Waals surface area contributed by atoms with Gasteiger partial charge in [0, 0.05) is 7.05 Å². The van der Waals surface area contributed by atoms with E-state index in [-0.39, 0.29) is 16.7 Å². The van der Waals surface area contributed by atoms with Crippen LogP contribution in [-0.4, -0.2) is 42.1 Å². The summed E-state index contributed by atoms with van der Waals surface area (Å²) in [6.07, 6.45) is 2.52. The van der Waals surface area contributed by atoms with Crippen LogP contribution in [0.1, 0.15) is 25.7 Å². The number of phenolic OH excluding ortho intramolecular Hbond substituents is 1. The van der Waals surface area contributed by atoms with E-state index < -0.39 is 16.1 Å². The van der Waals surface area contributed by atoms with Gasteiger partial charge in [-0.2, -0.15) is 4.31 Å². The van der Waals surface area contributed by atoms with Gasteiger partial charge in [0.15, 0.2) is 0 Å². The lowest BCUT2D eigenvalue weighted by molar-refractivity contribution is 0.0638. The predicted octanol–water partition coefficient (Wildman–Crippen LogP) is 1.32. The summed E-state index contributed by atoms with van der Waals surface area (Å²) in [6.45, 7) is 0. The maximum atomic E-state index is 12.4. The molecule has 2 N–H and O–H groups in total. The topological polar surface area (TPSA) is 77.8 Å². The highest BCUT2D eigenvalue weighted by Gasteiger charge is 2.34. The van der Waals surface area contributed by atoms with Crippen molar-refractivity contribution in [3.8, 4) is 5.75 Å². The van der Waals surface area contributed by atoms with Gasteiger partial charge in [-0.3, -0.25) is 0 Å². The minimum Gasteiger partial charge on any atom is -0.508 e. The Morgan fingerprint density at radius 2 is 1.95 bits per heavy atom. The molecule has 2 unspecified atom stereocenters. The quantitative estimate of drug-likeness (QED) is 0.878. The zero-order valence-corrected chi connectivity index (χ0v) is 11.7. The minimum absolute atomic E-state index is 0.0489. The van der Waals surface area contributed by atoms with E-state index in [1.165, 1.54) is 35.6 Å². The van der Waals surface area contributed by atoms with Gasteiger partial charge in [0.25, 0.3) is 0 Å². The maximum Gasteiger partial charge on any atom is 0.243 e. The second kappa shape index (κ2) is 5.48. The number of rotatable bonds is 3. The van der Waals surface area contributed by atoms with E-state index >= 15 is 0 Å². The third-order valence-corrected chi connectivity index (χ3v) is 5.53. The van der Waals surface area contributed by atoms with Crippen LogP contribution in [0.25, 0.3) is 0 Å². The van der Waals surface area contributed by atoms with Gasteiger partial charge in [0.05, 0.1) is 17.0 Å². The molecule has 0 bridgehead atoms. The number of sulfonamides is 1. The van der Waals surface area contributed by atoms with Crippen LogP contribution < -0.4 is 0 Å². The van der Waals surface area contributed by atoms with Gasteiger partial charge in [-0.15, -0.1) is 0 Å². The van der Waals surface area contributed by atoms with Crippen LogP contribution in [0.15, 0.2) is 29.2 Å². The molecule has 6 heteroatoms. The van der Waals surface area contributed by atoms with Crippen molar-refractivity contribution in [1.82, 2.24) is 4.31 Å². The number of aromatic hydroxyl groups is 1. The molecule has 1 aromatic rings. The number of likely N-dealkylation sites (N-methyl/N-ethyl adjacent to an activating group) is 1. The Bertz CT molecular complexity index is 543. The van der Waals surface area contributed by atoms with Gasteiger partial charge in [-0.25, -0.2) is 8.42 Å². The molecular weight excluding hydrogens is 266 g/mol. The lowest BCUT2D eigenvalue weighted by Crippen LogP contribution is -2.46. The van der Waals surface area contributed by atoms with Gasteiger partial charge in [-0.1, -0.05) is 18.9 Å². The highest BCUT2D eigenvalue weighted by Crippen LogP contribution is 2.27. The first kappa shape index (κ1) is 14.3. The fraction of sp³-hybridized carbons (Fsp3) is 0.538. The van der Waals surface area contributed by atoms with Crippen LogP contribution in [0.5, 0.6) is 5.75 Å². The Hall–Kier alpha value is -1.11. The molecule has 0 spiro atoms. The molecule has 2 atom stereocenters. The second-order valence-corrected chi connectivity index (χ2v) is 6.94.